The topological polar surface area (TPSA) is 0 Å². The number of fused-ring (bicyclic) bond motifs is 7. The van der Waals surface area contributed by atoms with Crippen LogP contribution >= 0.6 is 7.26 Å². The van der Waals surface area contributed by atoms with Gasteiger partial charge in [-0.25, -0.2) is 0 Å². The second-order valence-electron chi connectivity index (χ2n) is 6.82. The first-order valence-electron chi connectivity index (χ1n) is 8.07. The standard InChI is InChI=1S/C22H18P/c1-23(2)19-13-11-15-7-3-5-9-17(15)21(19)22-18-10-6-4-8-16(18)12-14-20(22)23/h3-14H,1-2H3/q+1. The van der Waals surface area contributed by atoms with E-state index in [-0.39, 0.29) is 0 Å². The lowest BCUT2D eigenvalue weighted by atomic mass is 9.94. The van der Waals surface area contributed by atoms with E-state index < -0.39 is 7.26 Å². The molecular weight excluding hydrogens is 295 g/mol. The number of benzene rings is 4. The van der Waals surface area contributed by atoms with Crippen molar-refractivity contribution >= 4 is 39.4 Å². The minimum absolute atomic E-state index is 1.28. The Morgan fingerprint density at radius 1 is 0.522 bits per heavy atom. The molecule has 0 aliphatic carbocycles. The maximum Gasteiger partial charge on any atom is 0.107 e. The minimum Gasteiger partial charge on any atom is -0.0616 e. The lowest BCUT2D eigenvalue weighted by molar-refractivity contribution is 1.75. The SMILES string of the molecule is C[P+]1(C)c2ccc3ccccc3c2-c2c1ccc1ccccc21. The van der Waals surface area contributed by atoms with Gasteiger partial charge >= 0.3 is 0 Å². The second-order valence-corrected chi connectivity index (χ2v) is 10.7. The van der Waals surface area contributed by atoms with E-state index in [1.54, 1.807) is 10.6 Å². The molecule has 0 saturated carbocycles. The molecule has 0 amide bonds. The van der Waals surface area contributed by atoms with Gasteiger partial charge in [0.25, 0.3) is 0 Å². The van der Waals surface area contributed by atoms with Gasteiger partial charge in [0.2, 0.25) is 0 Å². The van der Waals surface area contributed by atoms with E-state index >= 15 is 0 Å². The lowest BCUT2D eigenvalue weighted by Gasteiger charge is -2.13. The minimum atomic E-state index is -1.28. The Labute approximate surface area is 137 Å². The molecule has 1 aliphatic heterocycles. The Hall–Kier alpha value is -2.17. The summed E-state index contributed by atoms with van der Waals surface area (Å²) in [5.41, 5.74) is 2.96. The molecule has 0 atom stereocenters. The van der Waals surface area contributed by atoms with Crippen molar-refractivity contribution in [1.29, 1.82) is 0 Å². The Kier molecular flexibility index (Phi) is 2.56. The van der Waals surface area contributed by atoms with E-state index in [0.29, 0.717) is 0 Å². The van der Waals surface area contributed by atoms with Crippen molar-refractivity contribution in [3.05, 3.63) is 72.8 Å². The van der Waals surface area contributed by atoms with Crippen LogP contribution in [-0.2, 0) is 0 Å². The van der Waals surface area contributed by atoms with Gasteiger partial charge in [-0.15, -0.1) is 0 Å². The van der Waals surface area contributed by atoms with E-state index in [1.165, 1.54) is 32.7 Å². The average Bonchev–Trinajstić information content (AvgIpc) is 2.83. The molecule has 0 bridgehead atoms. The van der Waals surface area contributed by atoms with Crippen molar-refractivity contribution in [2.24, 2.45) is 0 Å². The van der Waals surface area contributed by atoms with E-state index in [4.69, 9.17) is 0 Å². The zero-order valence-corrected chi connectivity index (χ0v) is 14.3. The molecule has 0 unspecified atom stereocenters. The van der Waals surface area contributed by atoms with Gasteiger partial charge in [0.05, 0.1) is 20.6 Å². The Bertz CT molecular complexity index is 1000. The van der Waals surface area contributed by atoms with Crippen molar-refractivity contribution in [2.45, 2.75) is 0 Å². The highest BCUT2D eigenvalue weighted by atomic mass is 31.2. The summed E-state index contributed by atoms with van der Waals surface area (Å²) in [5, 5.41) is 8.59. The van der Waals surface area contributed by atoms with E-state index in [1.807, 2.05) is 0 Å². The monoisotopic (exact) mass is 313 g/mol. The molecule has 1 heteroatoms. The normalized spacial score (nSPS) is 14.9. The van der Waals surface area contributed by atoms with E-state index in [0.717, 1.165) is 0 Å². The summed E-state index contributed by atoms with van der Waals surface area (Å²) in [6, 6.07) is 27.0. The van der Waals surface area contributed by atoms with Crippen molar-refractivity contribution in [2.75, 3.05) is 13.3 Å². The largest absolute Gasteiger partial charge is 0.107 e. The molecule has 110 valence electrons. The molecule has 5 rings (SSSR count). The summed E-state index contributed by atoms with van der Waals surface area (Å²) in [6.07, 6.45) is 0. The summed E-state index contributed by atoms with van der Waals surface area (Å²) in [7, 11) is -1.28. The quantitative estimate of drug-likeness (QED) is 0.391. The highest BCUT2D eigenvalue weighted by molar-refractivity contribution is 7.89. The maximum absolute atomic E-state index is 2.46. The van der Waals surface area contributed by atoms with Crippen LogP contribution in [0.5, 0.6) is 0 Å². The van der Waals surface area contributed by atoms with Crippen LogP contribution in [0, 0.1) is 0 Å². The zero-order valence-electron chi connectivity index (χ0n) is 13.4. The van der Waals surface area contributed by atoms with Gasteiger partial charge in [0, 0.05) is 11.1 Å². The van der Waals surface area contributed by atoms with Gasteiger partial charge in [0.15, 0.2) is 0 Å². The number of hydrogen-bond donors (Lipinski definition) is 0. The van der Waals surface area contributed by atoms with Crippen LogP contribution < -0.4 is 10.6 Å². The molecule has 0 nitrogen and oxygen atoms in total. The van der Waals surface area contributed by atoms with Crippen LogP contribution in [0.25, 0.3) is 32.7 Å². The first-order chi connectivity index (χ1) is 11.2. The first-order valence-corrected chi connectivity index (χ1v) is 10.8. The molecule has 0 aromatic heterocycles. The molecule has 1 heterocycles. The van der Waals surface area contributed by atoms with Gasteiger partial charge in [-0.2, -0.15) is 0 Å². The second kappa shape index (κ2) is 4.43. The average molecular weight is 313 g/mol. The van der Waals surface area contributed by atoms with Gasteiger partial charge in [-0.1, -0.05) is 60.7 Å². The third kappa shape index (κ3) is 1.65. The lowest BCUT2D eigenvalue weighted by Crippen LogP contribution is -2.14. The molecule has 1 aliphatic rings. The maximum atomic E-state index is 2.46. The van der Waals surface area contributed by atoms with Crippen LogP contribution in [0.1, 0.15) is 0 Å². The van der Waals surface area contributed by atoms with Gasteiger partial charge in [-0.3, -0.25) is 0 Å². The zero-order chi connectivity index (χ0) is 15.6. The van der Waals surface area contributed by atoms with Crippen molar-refractivity contribution in [3.8, 4) is 11.1 Å². The van der Waals surface area contributed by atoms with E-state index in [9.17, 15) is 0 Å². The number of hydrogen-bond acceptors (Lipinski definition) is 0. The van der Waals surface area contributed by atoms with E-state index in [2.05, 4.69) is 86.1 Å². The highest BCUT2D eigenvalue weighted by Gasteiger charge is 2.44. The van der Waals surface area contributed by atoms with Gasteiger partial charge < -0.3 is 0 Å². The Morgan fingerprint density at radius 2 is 0.957 bits per heavy atom. The summed E-state index contributed by atoms with van der Waals surface area (Å²) >= 11 is 0. The van der Waals surface area contributed by atoms with Crippen LogP contribution in [0.2, 0.25) is 0 Å². The van der Waals surface area contributed by atoms with Crippen molar-refractivity contribution in [3.63, 3.8) is 0 Å². The fourth-order valence-corrected chi connectivity index (χ4v) is 6.84. The Morgan fingerprint density at radius 3 is 1.43 bits per heavy atom. The smallest absolute Gasteiger partial charge is 0.0616 e. The number of rotatable bonds is 0. The van der Waals surface area contributed by atoms with Crippen molar-refractivity contribution in [1.82, 2.24) is 0 Å². The summed E-state index contributed by atoms with van der Waals surface area (Å²) < 4.78 is 0. The molecule has 0 fully saturated rings. The summed E-state index contributed by atoms with van der Waals surface area (Å²) in [6.45, 7) is 4.92. The fourth-order valence-electron chi connectivity index (χ4n) is 4.11. The Balaban J connectivity index is 2.06. The van der Waals surface area contributed by atoms with Crippen molar-refractivity contribution < 1.29 is 0 Å². The van der Waals surface area contributed by atoms with Crippen LogP contribution in [-0.4, -0.2) is 13.3 Å². The predicted octanol–water partition coefficient (Wildman–Crippen LogP) is 5.20. The molecule has 23 heavy (non-hydrogen) atoms. The predicted molar refractivity (Wildman–Crippen MR) is 105 cm³/mol. The molecular formula is C22H18P+. The first kappa shape index (κ1) is 13.3. The molecule has 0 spiro atoms. The van der Waals surface area contributed by atoms with Crippen LogP contribution in [0.4, 0.5) is 0 Å². The molecule has 0 saturated heterocycles. The molecule has 4 aromatic carbocycles. The summed E-state index contributed by atoms with van der Waals surface area (Å²) in [5.74, 6) is 0. The third-order valence-electron chi connectivity index (χ3n) is 5.27. The van der Waals surface area contributed by atoms with Crippen LogP contribution in [0.3, 0.4) is 0 Å². The van der Waals surface area contributed by atoms with Gasteiger partial charge in [0.1, 0.15) is 10.6 Å². The third-order valence-corrected chi connectivity index (χ3v) is 8.42. The molecule has 0 radical (unpaired) electrons. The molecule has 0 N–H and O–H groups in total. The molecule has 4 aromatic rings. The highest BCUT2D eigenvalue weighted by Crippen LogP contribution is 2.59. The van der Waals surface area contributed by atoms with Gasteiger partial charge in [-0.05, 0) is 33.7 Å². The fraction of sp³-hybridized carbons (Fsp3) is 0.0909. The van der Waals surface area contributed by atoms with Crippen LogP contribution in [0.15, 0.2) is 72.8 Å². The summed E-state index contributed by atoms with van der Waals surface area (Å²) in [4.78, 5) is 0.